The van der Waals surface area contributed by atoms with Gasteiger partial charge in [-0.05, 0) is 65.8 Å². The van der Waals surface area contributed by atoms with Gasteiger partial charge in [-0.3, -0.25) is 10.1 Å². The number of hydrogen-bond acceptors (Lipinski definition) is 11. The maximum atomic E-state index is 14.6. The summed E-state index contributed by atoms with van der Waals surface area (Å²) in [6, 6.07) is 5.66. The summed E-state index contributed by atoms with van der Waals surface area (Å²) in [4.78, 5) is 18.2. The van der Waals surface area contributed by atoms with E-state index < -0.39 is 53.1 Å². The van der Waals surface area contributed by atoms with Crippen molar-refractivity contribution in [2.45, 2.75) is 132 Å². The van der Waals surface area contributed by atoms with Crippen molar-refractivity contribution in [3.8, 4) is 41.1 Å². The minimum atomic E-state index is -1.11. The van der Waals surface area contributed by atoms with Crippen molar-refractivity contribution in [3.05, 3.63) is 100 Å². The van der Waals surface area contributed by atoms with E-state index >= 15 is 0 Å². The zero-order valence-electron chi connectivity index (χ0n) is 38.8. The lowest BCUT2D eigenvalue weighted by molar-refractivity contribution is -0.129. The predicted molar refractivity (Wildman–Crippen MR) is 267 cm³/mol. The monoisotopic (exact) mass is 954 g/mol. The standard InChI is InChI=1S/C55H62N4O7S2/c1-3-4-5-8-35(50(64)36-10-9-31(2)23-45(36)62)44(61)15-13-32-40-28-67-68-30-55-20-17-33-38-25-57-42-27-59(26-39(38)42)53-41(14-16-43(60)34-11-12-37(49(55)48(33)34)52(56)58-29-55)54(18-6-7-19-54)21-22-65-47(24-46(32)63)51(40)66-53/h9-12,17,20,24-27,31,33,35-36,41,43,45,50,52-53,57-58,60,62-64H,3-8,13,15,18-19,23,28-30,56H2,1-2H3. The highest BCUT2D eigenvalue weighted by molar-refractivity contribution is 8.76. The van der Waals surface area contributed by atoms with Crippen molar-refractivity contribution in [1.82, 2.24) is 14.9 Å². The van der Waals surface area contributed by atoms with Gasteiger partial charge in [0.25, 0.3) is 0 Å². The van der Waals surface area contributed by atoms with Crippen molar-refractivity contribution in [2.75, 3.05) is 12.3 Å². The van der Waals surface area contributed by atoms with E-state index in [9.17, 15) is 25.2 Å². The van der Waals surface area contributed by atoms with Crippen LogP contribution < -0.4 is 20.5 Å². The average Bonchev–Trinajstić information content (AvgIpc) is 4.08. The molecular weight excluding hydrogens is 893 g/mol. The molecule has 13 heteroatoms. The number of Topliss-reactive ketones (excluding diaryl/α,β-unsaturated/α-hetero) is 1. The van der Waals surface area contributed by atoms with Crippen molar-refractivity contribution in [1.29, 1.82) is 0 Å². The van der Waals surface area contributed by atoms with E-state index in [1.54, 1.807) is 27.7 Å². The van der Waals surface area contributed by atoms with Crippen LogP contribution >= 0.6 is 21.6 Å². The molecule has 8 N–H and O–H groups in total. The van der Waals surface area contributed by atoms with Crippen LogP contribution in [0.3, 0.4) is 0 Å². The van der Waals surface area contributed by atoms with Gasteiger partial charge in [0, 0.05) is 88.8 Å². The Labute approximate surface area is 406 Å². The number of aromatic hydroxyl groups is 1. The molecule has 2 aromatic heterocycles. The lowest BCUT2D eigenvalue weighted by Crippen LogP contribution is -2.50. The molecule has 0 amide bonds. The van der Waals surface area contributed by atoms with Gasteiger partial charge in [0.15, 0.2) is 17.7 Å². The molecule has 2 spiro atoms. The van der Waals surface area contributed by atoms with E-state index in [0.29, 0.717) is 47.8 Å². The Hall–Kier alpha value is -4.57. The highest BCUT2D eigenvalue weighted by atomic mass is 33.1. The quantitative estimate of drug-likeness (QED) is 0.0350. The van der Waals surface area contributed by atoms with Gasteiger partial charge in [0.2, 0.25) is 0 Å². The molecule has 12 rings (SSSR count). The summed E-state index contributed by atoms with van der Waals surface area (Å²) >= 11 is 0. The Kier molecular flexibility index (Phi) is 12.3. The first-order valence-corrected chi connectivity index (χ1v) is 27.3. The van der Waals surface area contributed by atoms with Crippen LogP contribution in [0.2, 0.25) is 0 Å². The summed E-state index contributed by atoms with van der Waals surface area (Å²) in [5, 5.41) is 52.2. The molecular formula is C55H62N4O7S2. The smallest absolute Gasteiger partial charge is 0.191 e. The lowest BCUT2D eigenvalue weighted by Gasteiger charge is -2.45. The Bertz CT molecular complexity index is 2820. The Morgan fingerprint density at radius 1 is 1.07 bits per heavy atom. The van der Waals surface area contributed by atoms with Crippen LogP contribution in [-0.2, 0) is 22.4 Å². The van der Waals surface area contributed by atoms with Crippen molar-refractivity contribution in [3.63, 3.8) is 0 Å². The van der Waals surface area contributed by atoms with Gasteiger partial charge < -0.3 is 45.2 Å². The summed E-state index contributed by atoms with van der Waals surface area (Å²) < 4.78 is 16.0. The van der Waals surface area contributed by atoms with Crippen LogP contribution in [0.15, 0.2) is 61.1 Å². The van der Waals surface area contributed by atoms with E-state index in [2.05, 4.69) is 82.5 Å². The van der Waals surface area contributed by atoms with E-state index in [-0.39, 0.29) is 48.1 Å². The predicted octanol–water partition coefficient (Wildman–Crippen LogP) is 8.86. The number of aliphatic hydroxyl groups excluding tert-OH is 3. The summed E-state index contributed by atoms with van der Waals surface area (Å²) in [6.07, 6.45) is 21.4. The number of benzene rings is 2. The molecule has 3 aliphatic carbocycles. The first-order valence-electron chi connectivity index (χ1n) is 24.8. The Morgan fingerprint density at radius 3 is 2.74 bits per heavy atom. The number of carbonyl (C=O) groups excluding carboxylic acids is 1. The summed E-state index contributed by atoms with van der Waals surface area (Å²) in [5.41, 5.74) is 13.1. The third-order valence-electron chi connectivity index (χ3n) is 16.3. The SMILES string of the molecule is CCCCCC(C(=O)CCc1c(O)cc2c3c1CSSCC14C=CC5c6c(ccc(c61)C(N)NC4)C(O)C#CC(C(O3)n1cc3[nH]cc5c3c1)C1(C#CO2)CCCC1)C(O)C1C=CC(C)CC1O. The van der Waals surface area contributed by atoms with Crippen molar-refractivity contribution < 1.29 is 34.7 Å². The number of aromatic amines is 1. The van der Waals surface area contributed by atoms with E-state index in [0.717, 1.165) is 83.7 Å². The number of carbonyl (C=O) groups is 1. The molecule has 7 heterocycles. The zero-order chi connectivity index (χ0) is 46.9. The second kappa shape index (κ2) is 18.3. The molecule has 11 unspecified atom stereocenters. The Balaban J connectivity index is 1.07. The number of allylic oxidation sites excluding steroid dienone is 2. The molecule has 68 heavy (non-hydrogen) atoms. The van der Waals surface area contributed by atoms with Crippen LogP contribution in [0.25, 0.3) is 10.9 Å². The topological polar surface area (TPSA) is 175 Å². The second-order valence-corrected chi connectivity index (χ2v) is 23.0. The summed E-state index contributed by atoms with van der Waals surface area (Å²) in [7, 11) is 3.38. The van der Waals surface area contributed by atoms with Crippen LogP contribution in [0.4, 0.5) is 0 Å². The maximum Gasteiger partial charge on any atom is 0.191 e. The minimum absolute atomic E-state index is 0.0183. The van der Waals surface area contributed by atoms with Gasteiger partial charge in [-0.15, -0.1) is 0 Å². The number of ether oxygens (including phenoxy) is 2. The number of nitrogens with two attached hydrogens (primary N) is 1. The molecule has 2 aromatic carbocycles. The normalized spacial score (nSPS) is 30.2. The fourth-order valence-electron chi connectivity index (χ4n) is 12.6. The summed E-state index contributed by atoms with van der Waals surface area (Å²) in [6.45, 7) is 4.76. The van der Waals surface area contributed by atoms with Crippen LogP contribution in [0, 0.1) is 53.0 Å². The number of nitrogens with one attached hydrogen (secondary N) is 2. The van der Waals surface area contributed by atoms with Crippen LogP contribution in [0.5, 0.6) is 17.2 Å². The number of hydrogen-bond donors (Lipinski definition) is 7. The highest BCUT2D eigenvalue weighted by Crippen LogP contribution is 2.55. The number of H-pyrrole nitrogens is 1. The van der Waals surface area contributed by atoms with Gasteiger partial charge in [-0.1, -0.05) is 122 Å². The molecule has 4 aromatic rings. The first-order chi connectivity index (χ1) is 33.0. The number of aromatic nitrogens is 2. The van der Waals surface area contributed by atoms with Crippen molar-refractivity contribution >= 4 is 38.3 Å². The Morgan fingerprint density at radius 2 is 1.91 bits per heavy atom. The highest BCUT2D eigenvalue weighted by Gasteiger charge is 2.49. The fraction of sp³-hybridized carbons (Fsp3) is 0.509. The molecule has 11 atom stereocenters. The fourth-order valence-corrected chi connectivity index (χ4v) is 15.3. The lowest BCUT2D eigenvalue weighted by atomic mass is 9.65. The van der Waals surface area contributed by atoms with Gasteiger partial charge in [0.1, 0.15) is 23.7 Å². The second-order valence-electron chi connectivity index (χ2n) is 20.5. The van der Waals surface area contributed by atoms with E-state index in [1.165, 1.54) is 0 Å². The number of aliphatic hydroxyl groups is 3. The number of unbranched alkanes of at least 4 members (excludes halogenated alkanes) is 2. The van der Waals surface area contributed by atoms with E-state index in [4.69, 9.17) is 15.2 Å². The molecule has 0 saturated heterocycles. The molecule has 1 fully saturated rings. The number of phenolic OH excluding ortho intramolecular Hbond substituents is 1. The molecule has 11 nitrogen and oxygen atoms in total. The molecule has 1 saturated carbocycles. The van der Waals surface area contributed by atoms with Crippen molar-refractivity contribution in [2.24, 2.45) is 34.8 Å². The number of rotatable bonds is 10. The summed E-state index contributed by atoms with van der Waals surface area (Å²) in [5.74, 6) is 10.6. The third-order valence-corrected chi connectivity index (χ3v) is 18.8. The third kappa shape index (κ3) is 7.81. The van der Waals surface area contributed by atoms with Gasteiger partial charge in [-0.25, -0.2) is 0 Å². The molecule has 10 bridgehead atoms. The van der Waals surface area contributed by atoms with Crippen LogP contribution in [-0.4, -0.2) is 60.3 Å². The van der Waals surface area contributed by atoms with E-state index in [1.807, 2.05) is 25.1 Å². The first kappa shape index (κ1) is 45.8. The molecule has 356 valence electrons. The largest absolute Gasteiger partial charge is 0.508 e. The number of fused-ring (bicyclic) bond motifs is 4. The number of phenols is 1. The molecule has 0 radical (unpaired) electrons. The van der Waals surface area contributed by atoms with Gasteiger partial charge in [0.05, 0.1) is 35.2 Å². The molecule has 8 aliphatic rings. The number of ketones is 1. The van der Waals surface area contributed by atoms with Gasteiger partial charge >= 0.3 is 0 Å². The molecule has 5 aliphatic heterocycles. The maximum absolute atomic E-state index is 14.6. The van der Waals surface area contributed by atoms with Gasteiger partial charge in [-0.2, -0.15) is 0 Å². The zero-order valence-corrected chi connectivity index (χ0v) is 40.4. The number of nitrogens with zero attached hydrogens (tertiary/aromatic N) is 1. The van der Waals surface area contributed by atoms with Crippen LogP contribution in [0.1, 0.15) is 141 Å². The minimum Gasteiger partial charge on any atom is -0.508 e. The average molecular weight is 955 g/mol.